The molecule has 1 aliphatic carbocycles. The number of nitrogens with two attached hydrogens (primary N) is 1. The van der Waals surface area contributed by atoms with Crippen molar-refractivity contribution < 1.29 is 81.9 Å². The van der Waals surface area contributed by atoms with Crippen LogP contribution in [0.2, 0.25) is 0 Å². The number of carbonyl (C=O) groups is 1. The number of azo groups is 1. The number of nitrogen functional groups attached to an aromatic ring is 1. The fourth-order valence-electron chi connectivity index (χ4n) is 4.52. The van der Waals surface area contributed by atoms with Crippen molar-refractivity contribution in [2.24, 2.45) is 15.3 Å². The number of benzene rings is 3. The van der Waals surface area contributed by atoms with Gasteiger partial charge in [0, 0.05) is 0 Å². The molecule has 3 aromatic rings. The first-order chi connectivity index (χ1) is 25.6. The first-order valence-corrected chi connectivity index (χ1v) is 23.3. The number of ketones is 1. The predicted octanol–water partition coefficient (Wildman–Crippen LogP) is 1.01. The molecule has 24 nitrogen and oxygen atoms in total. The summed E-state index contributed by atoms with van der Waals surface area (Å²) in [4.78, 5) is 10.7. The summed E-state index contributed by atoms with van der Waals surface area (Å²) in [6.07, 6.45) is 0.600. The van der Waals surface area contributed by atoms with Gasteiger partial charge in [-0.2, -0.15) is 43.9 Å². The minimum atomic E-state index is -5.31. The Bertz CT molecular complexity index is 2860. The Labute approximate surface area is 318 Å². The van der Waals surface area contributed by atoms with Gasteiger partial charge in [0.25, 0.3) is 20.2 Å². The fourth-order valence-corrected chi connectivity index (χ4v) is 8.82. The maximum Gasteiger partial charge on any atom is 0.397 e. The number of hydrogen-bond donors (Lipinski definition) is 6. The lowest BCUT2D eigenvalue weighted by atomic mass is 9.92. The van der Waals surface area contributed by atoms with Crippen molar-refractivity contribution in [3.63, 3.8) is 0 Å². The highest BCUT2D eigenvalue weighted by Crippen LogP contribution is 2.41. The van der Waals surface area contributed by atoms with E-state index in [0.717, 1.165) is 48.5 Å². The van der Waals surface area contributed by atoms with Crippen LogP contribution in [0.3, 0.4) is 0 Å². The molecule has 3 aromatic carbocycles. The van der Waals surface area contributed by atoms with Crippen molar-refractivity contribution in [3.8, 4) is 0 Å². The molecule has 56 heavy (non-hydrogen) atoms. The van der Waals surface area contributed by atoms with Crippen LogP contribution in [-0.2, 0) is 69.1 Å². The van der Waals surface area contributed by atoms with Gasteiger partial charge in [0.1, 0.15) is 15.5 Å². The minimum Gasteiger partial charge on any atom is -0.396 e. The average molecular weight is 904 g/mol. The number of nitrogens with one attached hydrogen (secondary N) is 1. The van der Waals surface area contributed by atoms with Crippen LogP contribution in [0, 0.1) is 0 Å². The van der Waals surface area contributed by atoms with Crippen LogP contribution in [-0.4, -0.2) is 105 Å². The zero-order valence-corrected chi connectivity index (χ0v) is 32.3. The van der Waals surface area contributed by atoms with Crippen molar-refractivity contribution in [3.05, 3.63) is 70.6 Å². The van der Waals surface area contributed by atoms with Crippen LogP contribution in [0.1, 0.15) is 15.9 Å². The number of anilines is 2. The minimum absolute atomic E-state index is 0.0756. The van der Waals surface area contributed by atoms with Gasteiger partial charge < -0.3 is 5.73 Å². The second-order valence-electron chi connectivity index (χ2n) is 10.8. The van der Waals surface area contributed by atoms with Gasteiger partial charge in [-0.1, -0.05) is 0 Å². The highest BCUT2D eigenvalue weighted by atomic mass is 32.3. The number of hydrogen-bond acceptors (Lipinski definition) is 20. The van der Waals surface area contributed by atoms with E-state index in [-0.39, 0.29) is 21.2 Å². The van der Waals surface area contributed by atoms with Crippen molar-refractivity contribution in [1.29, 1.82) is 0 Å². The lowest BCUT2D eigenvalue weighted by Crippen LogP contribution is -2.28. The zero-order chi connectivity index (χ0) is 42.1. The molecule has 1 aliphatic rings. The second kappa shape index (κ2) is 16.1. The molecule has 0 aliphatic heterocycles. The largest absolute Gasteiger partial charge is 0.397 e. The van der Waals surface area contributed by atoms with E-state index >= 15 is 0 Å². The van der Waals surface area contributed by atoms with Crippen molar-refractivity contribution in [2.45, 2.75) is 14.7 Å². The summed E-state index contributed by atoms with van der Waals surface area (Å²) >= 11 is 0. The molecule has 0 spiro atoms. The maximum absolute atomic E-state index is 13.7. The van der Waals surface area contributed by atoms with E-state index in [2.05, 4.69) is 29.1 Å². The van der Waals surface area contributed by atoms with E-state index in [9.17, 15) is 64.4 Å². The molecule has 0 radical (unpaired) electrons. The summed E-state index contributed by atoms with van der Waals surface area (Å²) in [6.45, 7) is -1.83. The topological polar surface area (TPSA) is 396 Å². The van der Waals surface area contributed by atoms with E-state index in [1.165, 1.54) is 0 Å². The summed E-state index contributed by atoms with van der Waals surface area (Å²) in [5, 5.41) is 11.2. The number of nitrogens with zero attached hydrogens (tertiary/aromatic N) is 3. The SMILES string of the molecule is Nc1c(/N=N/c2ccc(S(=O)(=O)CCOS(=O)(=O)O)cc2)c(S(=O)(=O)O)cc2c1C(=O)/C(=N\Nc1ccc(S(=O)(=O)CCOS(=O)(=O)O)cc1)C(S(=O)(=O)O)=C2. The van der Waals surface area contributed by atoms with E-state index in [1.807, 2.05) is 0 Å². The zero-order valence-electron chi connectivity index (χ0n) is 27.4. The number of hydrazone groups is 1. The predicted molar refractivity (Wildman–Crippen MR) is 192 cm³/mol. The van der Waals surface area contributed by atoms with Gasteiger partial charge in [-0.25, -0.2) is 25.2 Å². The van der Waals surface area contributed by atoms with Gasteiger partial charge in [0.2, 0.25) is 5.78 Å². The van der Waals surface area contributed by atoms with Gasteiger partial charge in [-0.3, -0.25) is 28.4 Å². The van der Waals surface area contributed by atoms with Crippen molar-refractivity contribution in [1.82, 2.24) is 0 Å². The molecule has 0 saturated carbocycles. The quantitative estimate of drug-likeness (QED) is 0.0505. The Kier molecular flexibility index (Phi) is 12.7. The number of sulfone groups is 2. The highest BCUT2D eigenvalue weighted by molar-refractivity contribution is 7.92. The number of rotatable bonds is 16. The molecule has 0 amide bonds. The fraction of sp³-hybridized carbons (Fsp3) is 0.154. The third kappa shape index (κ3) is 11.3. The lowest BCUT2D eigenvalue weighted by Gasteiger charge is -2.20. The van der Waals surface area contributed by atoms with Gasteiger partial charge in [0.15, 0.2) is 25.4 Å². The summed E-state index contributed by atoms with van der Waals surface area (Å²) in [7, 11) is -28.7. The third-order valence-electron chi connectivity index (χ3n) is 6.99. The van der Waals surface area contributed by atoms with Crippen molar-refractivity contribution in [2.75, 3.05) is 35.9 Å². The molecular formula is C26H25N5O19S6. The van der Waals surface area contributed by atoms with Crippen LogP contribution in [0.25, 0.3) is 6.08 Å². The number of carbonyl (C=O) groups excluding carboxylic acids is 1. The molecular weight excluding hydrogens is 879 g/mol. The van der Waals surface area contributed by atoms with Crippen LogP contribution in [0.15, 0.2) is 89.5 Å². The van der Waals surface area contributed by atoms with Gasteiger partial charge in [0.05, 0.1) is 57.1 Å². The average Bonchev–Trinajstić information content (AvgIpc) is 3.05. The Morgan fingerprint density at radius 2 is 1.14 bits per heavy atom. The molecule has 0 unspecified atom stereocenters. The van der Waals surface area contributed by atoms with E-state index in [1.54, 1.807) is 0 Å². The normalized spacial score (nSPS) is 15.2. The molecule has 0 aromatic heterocycles. The summed E-state index contributed by atoms with van der Waals surface area (Å²) in [5.74, 6) is -3.07. The highest BCUT2D eigenvalue weighted by Gasteiger charge is 2.37. The number of fused-ring (bicyclic) bond motifs is 1. The maximum atomic E-state index is 13.7. The Morgan fingerprint density at radius 1 is 0.661 bits per heavy atom. The Morgan fingerprint density at radius 3 is 1.59 bits per heavy atom. The monoisotopic (exact) mass is 903 g/mol. The van der Waals surface area contributed by atoms with Crippen LogP contribution in [0.5, 0.6) is 0 Å². The molecule has 304 valence electrons. The lowest BCUT2D eigenvalue weighted by molar-refractivity contribution is 0.106. The summed E-state index contributed by atoms with van der Waals surface area (Å²) in [5.41, 5.74) is 4.31. The van der Waals surface area contributed by atoms with E-state index < -0.39 is 129 Å². The molecule has 0 atom stereocenters. The number of allylic oxidation sites excluding steroid dienone is 1. The molecule has 0 heterocycles. The standard InChI is InChI=1S/C26H25N5O19S6/c27-23-22-15(13-20(53(37,38)39)24(23)30-28-16-1-5-18(6-2-16)51(33,34)11-9-49-55(43,44)45)14-21(54(40,41)42)25(26(22)32)31-29-17-3-7-19(8-4-17)52(35,36)12-10-50-56(46,47)48/h1-8,13-14,29H,9-12,27H2,(H,37,38,39)(H,40,41,42)(H,43,44,45)(H,46,47,48)/b30-28+,31-25-. The van der Waals surface area contributed by atoms with Gasteiger partial charge in [-0.15, -0.1) is 5.11 Å². The smallest absolute Gasteiger partial charge is 0.396 e. The van der Waals surface area contributed by atoms with Crippen LogP contribution >= 0.6 is 0 Å². The molecule has 0 bridgehead atoms. The van der Waals surface area contributed by atoms with Gasteiger partial charge >= 0.3 is 20.8 Å². The first-order valence-electron chi connectivity index (χ1n) is 14.4. The van der Waals surface area contributed by atoms with Crippen molar-refractivity contribution >= 4 is 101 Å². The summed E-state index contributed by atoms with van der Waals surface area (Å²) < 4.78 is 187. The second-order valence-corrected chi connectivity index (χ2v) is 20.0. The molecule has 30 heteroatoms. The third-order valence-corrected chi connectivity index (χ3v) is 13.0. The van der Waals surface area contributed by atoms with Crippen LogP contribution < -0.4 is 11.2 Å². The molecule has 7 N–H and O–H groups in total. The first kappa shape index (κ1) is 44.1. The van der Waals surface area contributed by atoms with E-state index in [0.29, 0.717) is 12.1 Å². The summed E-state index contributed by atoms with van der Waals surface area (Å²) in [6, 6.07) is 8.88. The van der Waals surface area contributed by atoms with Crippen LogP contribution in [0.4, 0.5) is 22.7 Å². The Balaban J connectivity index is 1.69. The van der Waals surface area contributed by atoms with Gasteiger partial charge in [-0.05, 0) is 66.2 Å². The molecule has 4 rings (SSSR count). The van der Waals surface area contributed by atoms with E-state index in [4.69, 9.17) is 14.8 Å². The number of Topliss-reactive ketones (excluding diaryl/α,β-unsaturated/α-hetero) is 1. The molecule has 0 saturated heterocycles. The molecule has 0 fully saturated rings. The Hall–Kier alpha value is -4.60.